The Labute approximate surface area is 339 Å². The summed E-state index contributed by atoms with van der Waals surface area (Å²) in [5, 5.41) is 23.8. The number of halogens is 1. The highest BCUT2D eigenvalue weighted by atomic mass is 35.5. The third-order valence-electron chi connectivity index (χ3n) is 8.14. The highest BCUT2D eigenvalue weighted by Gasteiger charge is 2.24. The van der Waals surface area contributed by atoms with Gasteiger partial charge in [-0.2, -0.15) is 0 Å². The van der Waals surface area contributed by atoms with Crippen molar-refractivity contribution in [2.75, 3.05) is 6.61 Å². The summed E-state index contributed by atoms with van der Waals surface area (Å²) in [5.74, 6) is -0.511. The van der Waals surface area contributed by atoms with E-state index >= 15 is 0 Å². The molecule has 308 valence electrons. The second-order valence-corrected chi connectivity index (χ2v) is 13.8. The second kappa shape index (κ2) is 31.3. The molecule has 0 amide bonds. The van der Waals surface area contributed by atoms with Crippen molar-refractivity contribution in [3.05, 3.63) is 122 Å². The van der Waals surface area contributed by atoms with Crippen molar-refractivity contribution in [3.63, 3.8) is 0 Å². The Hall–Kier alpha value is -4.91. The van der Waals surface area contributed by atoms with Crippen LogP contribution < -0.4 is 10.6 Å². The van der Waals surface area contributed by atoms with Crippen LogP contribution in [0.25, 0.3) is 0 Å². The number of unbranched alkanes of at least 4 members (excludes halogenated alkanes) is 2. The number of aliphatic hydroxyl groups excluding tert-OH is 2. The van der Waals surface area contributed by atoms with Crippen molar-refractivity contribution in [2.24, 2.45) is 18.0 Å². The quantitative estimate of drug-likeness (QED) is 0.0746. The van der Waals surface area contributed by atoms with Crippen LogP contribution in [0.3, 0.4) is 0 Å². The lowest BCUT2D eigenvalue weighted by Gasteiger charge is -2.14. The van der Waals surface area contributed by atoms with Gasteiger partial charge < -0.3 is 44.8 Å². The van der Waals surface area contributed by atoms with Crippen LogP contribution in [0.15, 0.2) is 115 Å². The molecule has 3 aliphatic heterocycles. The van der Waals surface area contributed by atoms with Crippen LogP contribution >= 0.6 is 11.6 Å². The van der Waals surface area contributed by atoms with Gasteiger partial charge in [0.2, 0.25) is 0 Å². The van der Waals surface area contributed by atoms with Crippen LogP contribution in [-0.4, -0.2) is 72.4 Å². The van der Waals surface area contributed by atoms with Gasteiger partial charge in [-0.1, -0.05) is 57.0 Å². The number of aryl methyl sites for hydroxylation is 3. The molecule has 0 radical (unpaired) electrons. The van der Waals surface area contributed by atoms with Gasteiger partial charge >= 0.3 is 0 Å². The zero-order valence-corrected chi connectivity index (χ0v) is 33.2. The first-order chi connectivity index (χ1) is 26.4. The van der Waals surface area contributed by atoms with Crippen LogP contribution in [0.2, 0.25) is 0 Å². The van der Waals surface area contributed by atoms with Gasteiger partial charge in [0.15, 0.2) is 0 Å². The predicted octanol–water partition coefficient (Wildman–Crippen LogP) is 7.32. The molecule has 13 heteroatoms. The average Bonchev–Trinajstić information content (AvgIpc) is 4.03. The van der Waals surface area contributed by atoms with E-state index in [9.17, 15) is 19.5 Å². The van der Waals surface area contributed by atoms with E-state index < -0.39 is 12.0 Å². The first-order valence-electron chi connectivity index (χ1n) is 18.5. The number of carbonyl (C=O) groups is 3. The fraction of sp³-hybridized carbons (Fsp3) is 0.442. The van der Waals surface area contributed by atoms with E-state index in [-0.39, 0.29) is 18.9 Å². The number of aliphatic hydroxyl groups is 2. The van der Waals surface area contributed by atoms with Crippen LogP contribution in [-0.2, 0) is 34.3 Å². The second-order valence-electron chi connectivity index (χ2n) is 13.0. The molecule has 5 N–H and O–H groups in total. The maximum Gasteiger partial charge on any atom is 0.125 e. The Morgan fingerprint density at radius 3 is 2.16 bits per heavy atom. The number of imidazole rings is 2. The first-order valence-corrected chi connectivity index (χ1v) is 18.9. The number of H-pyrrole nitrogens is 1. The number of nitrogens with one attached hydrogen (secondary N) is 3. The summed E-state index contributed by atoms with van der Waals surface area (Å²) in [6.45, 7) is 12.7. The molecule has 4 aliphatic rings. The van der Waals surface area contributed by atoms with Gasteiger partial charge in [-0.25, -0.2) is 9.97 Å². The normalized spacial score (nSPS) is 17.6. The topological polar surface area (TPSA) is 175 Å². The predicted molar refractivity (Wildman–Crippen MR) is 229 cm³/mol. The molecule has 3 unspecified atom stereocenters. The van der Waals surface area contributed by atoms with Crippen molar-refractivity contribution >= 4 is 36.7 Å². The monoisotopic (exact) mass is 793 g/mol. The number of alkyl halides is 1. The number of aromatic amines is 1. The number of nitrogens with zero attached hydrogens (tertiary/aromatic N) is 4. The molecule has 56 heavy (non-hydrogen) atoms. The van der Waals surface area contributed by atoms with E-state index in [4.69, 9.17) is 16.7 Å². The zero-order valence-electron chi connectivity index (χ0n) is 32.4. The number of hydrogen-bond acceptors (Lipinski definition) is 10. The van der Waals surface area contributed by atoms with Crippen LogP contribution in [0.5, 0.6) is 0 Å². The molecular formula is C43H64ClN7O5. The molecule has 0 fully saturated rings. The van der Waals surface area contributed by atoms with E-state index in [2.05, 4.69) is 68.5 Å². The summed E-state index contributed by atoms with van der Waals surface area (Å²) in [6.07, 6.45) is 35.0. The van der Waals surface area contributed by atoms with Crippen LogP contribution in [0.4, 0.5) is 0 Å². The van der Waals surface area contributed by atoms with Crippen molar-refractivity contribution in [2.45, 2.75) is 102 Å². The largest absolute Gasteiger partial charge is 0.394 e. The third kappa shape index (κ3) is 24.5. The van der Waals surface area contributed by atoms with Crippen molar-refractivity contribution < 1.29 is 24.6 Å². The minimum Gasteiger partial charge on any atom is -0.394 e. The first kappa shape index (κ1) is 51.1. The summed E-state index contributed by atoms with van der Waals surface area (Å²) >= 11 is 5.87. The number of rotatable bonds is 14. The van der Waals surface area contributed by atoms with E-state index in [0.717, 1.165) is 79.6 Å². The highest BCUT2D eigenvalue weighted by Crippen LogP contribution is 2.26. The summed E-state index contributed by atoms with van der Waals surface area (Å²) in [5.41, 5.74) is 6.34. The van der Waals surface area contributed by atoms with Gasteiger partial charge in [0.1, 0.15) is 23.7 Å². The summed E-state index contributed by atoms with van der Waals surface area (Å²) in [7, 11) is 1.94. The third-order valence-corrected chi connectivity index (χ3v) is 8.50. The Bertz CT molecular complexity index is 1580. The molecule has 0 aromatic carbocycles. The fourth-order valence-corrected chi connectivity index (χ4v) is 4.83. The van der Waals surface area contributed by atoms with E-state index in [0.29, 0.717) is 32.0 Å². The smallest absolute Gasteiger partial charge is 0.125 e. The SMILES string of the molecule is C.C=C1C=CCC1.C=C1CC=CN1.C=C1NC=CC1(C)Cl.Cn1cnc(CCCC=O)c1.O=CC(CCc1cnc[nH]1)C(O)CO.O=CCCCC1=CCC=N1. The molecule has 12 nitrogen and oxygen atoms in total. The fourth-order valence-electron chi connectivity index (χ4n) is 4.72. The van der Waals surface area contributed by atoms with E-state index in [1.807, 2.05) is 49.3 Å². The van der Waals surface area contributed by atoms with Gasteiger partial charge in [-0.05, 0) is 76.8 Å². The standard InChI is InChI=1S/C9H14N2O3.C8H12N2O.C8H11NO.C6H8ClN.C6H8.C5H7N.CH4/c12-4-7(9(14)5-13)1-2-8-3-10-6-11-8;1-10-6-8(9-7-10)4-2-3-5-11;10-7-2-1-4-8-5-3-6-9-8;1-5-6(2,7)3-4-8-5;1-6-4-2-3-5-6;1-5-3-2-4-6-5;/h3-4,6-7,9,13-14H,1-2,5H2,(H,10,11);5-7H,2-4H2,1H3;5-7H,1-4H2;3-4,8H,1H2,2H3;2,4H,1,3,5H2;2,4,6H,1,3H2;1H4. The molecule has 2 aromatic heterocycles. The molecular weight excluding hydrogens is 730 g/mol. The molecule has 6 rings (SSSR count). The molecule has 2 aromatic rings. The lowest BCUT2D eigenvalue weighted by Crippen LogP contribution is -2.25. The molecule has 3 atom stereocenters. The Balaban J connectivity index is 0.000000661. The van der Waals surface area contributed by atoms with Gasteiger partial charge in [0.05, 0.1) is 31.1 Å². The van der Waals surface area contributed by atoms with E-state index in [1.54, 1.807) is 25.1 Å². The van der Waals surface area contributed by atoms with Crippen molar-refractivity contribution in [3.8, 4) is 0 Å². The molecule has 0 spiro atoms. The summed E-state index contributed by atoms with van der Waals surface area (Å²) in [4.78, 5) is 45.1. The van der Waals surface area contributed by atoms with E-state index in [1.165, 1.54) is 18.4 Å². The Morgan fingerprint density at radius 2 is 1.79 bits per heavy atom. The maximum absolute atomic E-state index is 10.6. The zero-order chi connectivity index (χ0) is 40.7. The summed E-state index contributed by atoms with van der Waals surface area (Å²) in [6, 6.07) is 0. The van der Waals surface area contributed by atoms with Gasteiger partial charge in [-0.3, -0.25) is 4.99 Å². The molecule has 1 aliphatic carbocycles. The minimum absolute atomic E-state index is 0. The molecule has 5 heterocycles. The molecule has 0 bridgehead atoms. The van der Waals surface area contributed by atoms with Gasteiger partial charge in [0, 0.05) is 80.0 Å². The maximum atomic E-state index is 10.6. The van der Waals surface area contributed by atoms with Crippen LogP contribution in [0.1, 0.15) is 89.9 Å². The average molecular weight is 794 g/mol. The van der Waals surface area contributed by atoms with Crippen LogP contribution in [0, 0.1) is 5.92 Å². The Kier molecular flexibility index (Phi) is 28.6. The van der Waals surface area contributed by atoms with Crippen molar-refractivity contribution in [1.82, 2.24) is 30.2 Å². The number of allylic oxidation sites excluding steroid dienone is 7. The number of aliphatic imine (C=N–C) groups is 1. The molecule has 0 saturated heterocycles. The number of aldehydes is 3. The van der Waals surface area contributed by atoms with Gasteiger partial charge in [0.25, 0.3) is 0 Å². The van der Waals surface area contributed by atoms with Gasteiger partial charge in [-0.15, -0.1) is 11.6 Å². The number of aromatic nitrogens is 4. The lowest BCUT2D eigenvalue weighted by molar-refractivity contribution is -0.115. The number of hydrogen-bond donors (Lipinski definition) is 5. The lowest BCUT2D eigenvalue weighted by atomic mass is 9.98. The van der Waals surface area contributed by atoms with Crippen molar-refractivity contribution in [1.29, 1.82) is 0 Å². The highest BCUT2D eigenvalue weighted by molar-refractivity contribution is 6.27. The molecule has 0 saturated carbocycles. The minimum atomic E-state index is -0.963. The Morgan fingerprint density at radius 1 is 1.05 bits per heavy atom. The number of carbonyl (C=O) groups excluding carboxylic acids is 3. The summed E-state index contributed by atoms with van der Waals surface area (Å²) < 4.78 is 1.91.